The summed E-state index contributed by atoms with van der Waals surface area (Å²) in [7, 11) is 1.63. The molecule has 0 saturated carbocycles. The third kappa shape index (κ3) is 3.61. The van der Waals surface area contributed by atoms with Crippen LogP contribution < -0.4 is 4.74 Å². The van der Waals surface area contributed by atoms with Crippen LogP contribution in [-0.2, 0) is 0 Å². The second-order valence-corrected chi connectivity index (χ2v) is 5.39. The van der Waals surface area contributed by atoms with Gasteiger partial charge in [0.25, 0.3) is 0 Å². The summed E-state index contributed by atoms with van der Waals surface area (Å²) in [6.45, 7) is 0. The van der Waals surface area contributed by atoms with Crippen LogP contribution in [-0.4, -0.2) is 12.9 Å². The second-order valence-electron chi connectivity index (χ2n) is 5.39. The molecule has 3 aromatic carbocycles. The smallest absolute Gasteiger partial charge is 0.193 e. The Morgan fingerprint density at radius 2 is 1.33 bits per heavy atom. The molecular weight excluding hydrogens is 296 g/mol. The molecular formula is C22H18O2. The first-order valence-electron chi connectivity index (χ1n) is 7.79. The van der Waals surface area contributed by atoms with Crippen LogP contribution in [0.15, 0.2) is 84.9 Å². The van der Waals surface area contributed by atoms with Crippen molar-refractivity contribution < 1.29 is 9.53 Å². The Kier molecular flexibility index (Phi) is 4.87. The molecule has 0 unspecified atom stereocenters. The van der Waals surface area contributed by atoms with Gasteiger partial charge in [0.1, 0.15) is 5.75 Å². The first-order chi connectivity index (χ1) is 11.8. The normalized spacial score (nSPS) is 11.1. The molecule has 2 nitrogen and oxygen atoms in total. The zero-order valence-electron chi connectivity index (χ0n) is 13.5. The van der Waals surface area contributed by atoms with Gasteiger partial charge >= 0.3 is 0 Å². The van der Waals surface area contributed by atoms with Crippen LogP contribution in [0.3, 0.4) is 0 Å². The third-order valence-electron chi connectivity index (χ3n) is 3.79. The van der Waals surface area contributed by atoms with Crippen LogP contribution in [0.5, 0.6) is 5.75 Å². The highest BCUT2D eigenvalue weighted by atomic mass is 16.5. The number of hydrogen-bond acceptors (Lipinski definition) is 2. The maximum absolute atomic E-state index is 13.0. The number of ether oxygens (including phenoxy) is 1. The van der Waals surface area contributed by atoms with Crippen molar-refractivity contribution in [3.8, 4) is 5.75 Å². The van der Waals surface area contributed by atoms with Crippen molar-refractivity contribution >= 4 is 17.4 Å². The van der Waals surface area contributed by atoms with E-state index < -0.39 is 0 Å². The average Bonchev–Trinajstić information content (AvgIpc) is 2.67. The van der Waals surface area contributed by atoms with Gasteiger partial charge in [-0.15, -0.1) is 0 Å². The van der Waals surface area contributed by atoms with Gasteiger partial charge in [0.05, 0.1) is 7.11 Å². The Morgan fingerprint density at radius 3 is 1.92 bits per heavy atom. The molecule has 0 aliphatic rings. The fourth-order valence-corrected chi connectivity index (χ4v) is 2.51. The lowest BCUT2D eigenvalue weighted by molar-refractivity contribution is 0.105. The van der Waals surface area contributed by atoms with Gasteiger partial charge in [0.2, 0.25) is 0 Å². The van der Waals surface area contributed by atoms with Gasteiger partial charge < -0.3 is 4.74 Å². The third-order valence-corrected chi connectivity index (χ3v) is 3.79. The molecule has 0 spiro atoms. The number of hydrogen-bond donors (Lipinski definition) is 0. The van der Waals surface area contributed by atoms with Gasteiger partial charge in [-0.05, 0) is 29.3 Å². The molecule has 0 aliphatic heterocycles. The molecule has 3 rings (SSSR count). The Balaban J connectivity index is 2.06. The highest BCUT2D eigenvalue weighted by Crippen LogP contribution is 2.25. The van der Waals surface area contributed by atoms with Crippen LogP contribution in [0.25, 0.3) is 11.6 Å². The molecule has 0 bridgehead atoms. The van der Waals surface area contributed by atoms with E-state index in [9.17, 15) is 4.79 Å². The zero-order valence-corrected chi connectivity index (χ0v) is 13.5. The van der Waals surface area contributed by atoms with Gasteiger partial charge in [-0.25, -0.2) is 0 Å². The minimum absolute atomic E-state index is 0.00428. The summed E-state index contributed by atoms with van der Waals surface area (Å²) in [5.41, 5.74) is 3.20. The molecule has 118 valence electrons. The number of allylic oxidation sites excluding steroid dienone is 1. The standard InChI is InChI=1S/C22H18O2/c1-24-20-14-12-18(13-15-20)21(16-17-8-4-2-5-9-17)22(23)19-10-6-3-7-11-19/h2-16H,1H3/b21-16+. The highest BCUT2D eigenvalue weighted by Gasteiger charge is 2.14. The number of ketones is 1. The van der Waals surface area contributed by atoms with E-state index in [0.717, 1.165) is 16.9 Å². The van der Waals surface area contributed by atoms with E-state index >= 15 is 0 Å². The van der Waals surface area contributed by atoms with Gasteiger partial charge in [-0.2, -0.15) is 0 Å². The van der Waals surface area contributed by atoms with Crippen molar-refractivity contribution in [2.45, 2.75) is 0 Å². The van der Waals surface area contributed by atoms with Gasteiger partial charge in [-0.3, -0.25) is 4.79 Å². The number of benzene rings is 3. The van der Waals surface area contributed by atoms with Crippen LogP contribution in [0.2, 0.25) is 0 Å². The summed E-state index contributed by atoms with van der Waals surface area (Å²) >= 11 is 0. The summed E-state index contributed by atoms with van der Waals surface area (Å²) < 4.78 is 5.21. The molecule has 0 atom stereocenters. The van der Waals surface area contributed by atoms with Crippen molar-refractivity contribution in [3.63, 3.8) is 0 Å². The number of carbonyl (C=O) groups is 1. The van der Waals surface area contributed by atoms with Crippen LogP contribution in [0, 0.1) is 0 Å². The zero-order chi connectivity index (χ0) is 16.8. The predicted molar refractivity (Wildman–Crippen MR) is 98.1 cm³/mol. The first-order valence-corrected chi connectivity index (χ1v) is 7.79. The highest BCUT2D eigenvalue weighted by molar-refractivity contribution is 6.32. The Labute approximate surface area is 142 Å². The van der Waals surface area contributed by atoms with Gasteiger partial charge in [0, 0.05) is 11.1 Å². The van der Waals surface area contributed by atoms with E-state index in [1.807, 2.05) is 91.0 Å². The number of methoxy groups -OCH3 is 1. The summed E-state index contributed by atoms with van der Waals surface area (Å²) in [5, 5.41) is 0. The summed E-state index contributed by atoms with van der Waals surface area (Å²) in [6.07, 6.45) is 1.93. The Morgan fingerprint density at radius 1 is 0.750 bits per heavy atom. The van der Waals surface area contributed by atoms with Crippen molar-refractivity contribution in [1.29, 1.82) is 0 Å². The van der Waals surface area contributed by atoms with Crippen molar-refractivity contribution in [1.82, 2.24) is 0 Å². The SMILES string of the molecule is COc1ccc(/C(=C\c2ccccc2)C(=O)c2ccccc2)cc1. The van der Waals surface area contributed by atoms with E-state index in [1.165, 1.54) is 0 Å². The molecule has 0 heterocycles. The molecule has 0 amide bonds. The maximum Gasteiger partial charge on any atom is 0.193 e. The largest absolute Gasteiger partial charge is 0.497 e. The van der Waals surface area contributed by atoms with Crippen LogP contribution >= 0.6 is 0 Å². The Bertz CT molecular complexity index is 832. The minimum atomic E-state index is 0.00428. The molecule has 3 aromatic rings. The van der Waals surface area contributed by atoms with Crippen LogP contribution in [0.1, 0.15) is 21.5 Å². The number of carbonyl (C=O) groups excluding carboxylic acids is 1. The molecule has 24 heavy (non-hydrogen) atoms. The van der Waals surface area contributed by atoms with E-state index in [-0.39, 0.29) is 5.78 Å². The maximum atomic E-state index is 13.0. The van der Waals surface area contributed by atoms with Gasteiger partial charge in [0.15, 0.2) is 5.78 Å². The quantitative estimate of drug-likeness (QED) is 0.371. The number of rotatable bonds is 5. The molecule has 0 saturated heterocycles. The second kappa shape index (κ2) is 7.42. The lowest BCUT2D eigenvalue weighted by Gasteiger charge is -2.09. The van der Waals surface area contributed by atoms with E-state index in [2.05, 4.69) is 0 Å². The van der Waals surface area contributed by atoms with Crippen LogP contribution in [0.4, 0.5) is 0 Å². The summed E-state index contributed by atoms with van der Waals surface area (Å²) in [5.74, 6) is 0.773. The fourth-order valence-electron chi connectivity index (χ4n) is 2.51. The van der Waals surface area contributed by atoms with Gasteiger partial charge in [-0.1, -0.05) is 72.8 Å². The van der Waals surface area contributed by atoms with E-state index in [1.54, 1.807) is 7.11 Å². The van der Waals surface area contributed by atoms with Crippen molar-refractivity contribution in [2.75, 3.05) is 7.11 Å². The average molecular weight is 314 g/mol. The molecule has 2 heteroatoms. The lowest BCUT2D eigenvalue weighted by atomic mass is 9.94. The topological polar surface area (TPSA) is 26.3 Å². The fraction of sp³-hybridized carbons (Fsp3) is 0.0455. The first kappa shape index (κ1) is 15.8. The van der Waals surface area contributed by atoms with Crippen molar-refractivity contribution in [3.05, 3.63) is 102 Å². The molecule has 0 radical (unpaired) electrons. The lowest BCUT2D eigenvalue weighted by Crippen LogP contribution is -2.02. The Hall–Kier alpha value is -3.13. The summed E-state index contributed by atoms with van der Waals surface area (Å²) in [4.78, 5) is 13.0. The monoisotopic (exact) mass is 314 g/mol. The number of Topliss-reactive ketones (excluding diaryl/α,β-unsaturated/α-hetero) is 1. The predicted octanol–water partition coefficient (Wildman–Crippen LogP) is 5.12. The molecule has 0 fully saturated rings. The molecule has 0 aliphatic carbocycles. The van der Waals surface area contributed by atoms with E-state index in [4.69, 9.17) is 4.74 Å². The molecule has 0 aromatic heterocycles. The van der Waals surface area contributed by atoms with Crippen molar-refractivity contribution in [2.24, 2.45) is 0 Å². The summed E-state index contributed by atoms with van der Waals surface area (Å²) in [6, 6.07) is 26.8. The molecule has 0 N–H and O–H groups in total. The van der Waals surface area contributed by atoms with E-state index in [0.29, 0.717) is 11.1 Å². The minimum Gasteiger partial charge on any atom is -0.497 e.